The minimum atomic E-state index is -2.08. The number of aromatic nitrogens is 2. The van der Waals surface area contributed by atoms with Crippen molar-refractivity contribution in [3.05, 3.63) is 80.2 Å². The number of hydrogen-bond donors (Lipinski definition) is 0. The maximum absolute atomic E-state index is 15.8. The lowest BCUT2D eigenvalue weighted by Gasteiger charge is -2.40. The van der Waals surface area contributed by atoms with Gasteiger partial charge in [0.05, 0.1) is 28.7 Å². The van der Waals surface area contributed by atoms with Gasteiger partial charge < -0.3 is 9.16 Å². The van der Waals surface area contributed by atoms with E-state index in [1.165, 1.54) is 17.4 Å². The molecule has 5 rings (SSSR count). The zero-order valence-corrected chi connectivity index (χ0v) is 26.3. The van der Waals surface area contributed by atoms with Gasteiger partial charge in [0, 0.05) is 17.1 Å². The average molecular weight is 615 g/mol. The van der Waals surface area contributed by atoms with Crippen molar-refractivity contribution in [3.8, 4) is 16.3 Å². The van der Waals surface area contributed by atoms with Gasteiger partial charge in [-0.3, -0.25) is 9.36 Å². The number of ether oxygens (including phenoxy) is 1. The van der Waals surface area contributed by atoms with Gasteiger partial charge in [-0.25, -0.2) is 22.9 Å². The molecule has 3 aromatic heterocycles. The molecule has 4 aromatic rings. The second kappa shape index (κ2) is 11.1. The molecule has 0 bridgehead atoms. The number of carbonyl (C=O) groups excluding carboxylic acids is 1. The number of benzene rings is 1. The van der Waals surface area contributed by atoms with Gasteiger partial charge >= 0.3 is 5.97 Å². The van der Waals surface area contributed by atoms with Crippen molar-refractivity contribution >= 4 is 36.7 Å². The maximum Gasteiger partial charge on any atom is 0.343 e. The number of carbonyl (C=O) groups is 1. The second-order valence-corrected chi connectivity index (χ2v) is 17.9. The topological polar surface area (TPSA) is 70.4 Å². The van der Waals surface area contributed by atoms with E-state index in [1.807, 2.05) is 6.07 Å². The lowest BCUT2D eigenvalue weighted by Crippen LogP contribution is -2.42. The summed E-state index contributed by atoms with van der Waals surface area (Å²) in [5, 5.41) is -0.206. The molecule has 1 unspecified atom stereocenters. The predicted molar refractivity (Wildman–Crippen MR) is 160 cm³/mol. The molecule has 42 heavy (non-hydrogen) atoms. The molecular weight excluding hydrogens is 581 g/mol. The molecule has 11 heteroatoms. The maximum atomic E-state index is 15.8. The van der Waals surface area contributed by atoms with Gasteiger partial charge in [-0.05, 0) is 74.1 Å². The summed E-state index contributed by atoms with van der Waals surface area (Å²) in [6.07, 6.45) is 3.64. The zero-order chi connectivity index (χ0) is 30.6. The van der Waals surface area contributed by atoms with E-state index in [0.717, 1.165) is 52.6 Å². The molecule has 0 aliphatic heterocycles. The van der Waals surface area contributed by atoms with Crippen molar-refractivity contribution < 1.29 is 27.1 Å². The van der Waals surface area contributed by atoms with Gasteiger partial charge in [0.1, 0.15) is 28.5 Å². The van der Waals surface area contributed by atoms with E-state index in [2.05, 4.69) is 38.8 Å². The highest BCUT2D eigenvalue weighted by atomic mass is 32.1. The van der Waals surface area contributed by atoms with Crippen molar-refractivity contribution in [2.24, 2.45) is 0 Å². The smallest absolute Gasteiger partial charge is 0.343 e. The van der Waals surface area contributed by atoms with Gasteiger partial charge in [0.2, 0.25) is 5.43 Å². The summed E-state index contributed by atoms with van der Waals surface area (Å²) in [6.45, 7) is 12.5. The molecular formula is C31H33F3N2O4SSi. The third-order valence-corrected chi connectivity index (χ3v) is 13.8. The quantitative estimate of drug-likeness (QED) is 0.162. The third-order valence-electron chi connectivity index (χ3n) is 8.13. The Kier molecular flexibility index (Phi) is 7.97. The van der Waals surface area contributed by atoms with E-state index in [-0.39, 0.29) is 40.2 Å². The number of pyridine rings is 2. The molecule has 1 aliphatic carbocycles. The number of fused-ring (bicyclic) bond motifs is 2. The Labute approximate surface area is 247 Å². The molecule has 0 N–H and O–H groups in total. The largest absolute Gasteiger partial charge is 0.462 e. The summed E-state index contributed by atoms with van der Waals surface area (Å²) in [6, 6.07) is 5.82. The first-order chi connectivity index (χ1) is 19.7. The lowest BCUT2D eigenvalue weighted by molar-refractivity contribution is 0.0524. The van der Waals surface area contributed by atoms with Crippen LogP contribution in [0.1, 0.15) is 67.4 Å². The van der Waals surface area contributed by atoms with Crippen LogP contribution < -0.4 is 5.43 Å². The summed E-state index contributed by atoms with van der Waals surface area (Å²) in [5.41, 5.74) is -0.437. The normalized spacial score (nSPS) is 15.6. The minimum Gasteiger partial charge on any atom is -0.462 e. The van der Waals surface area contributed by atoms with Gasteiger partial charge in [-0.2, -0.15) is 0 Å². The Morgan fingerprint density at radius 1 is 1.14 bits per heavy atom. The Morgan fingerprint density at radius 3 is 2.55 bits per heavy atom. The number of hydrogen-bond acceptors (Lipinski definition) is 6. The number of esters is 1. The van der Waals surface area contributed by atoms with E-state index in [9.17, 15) is 18.4 Å². The summed E-state index contributed by atoms with van der Waals surface area (Å²) in [4.78, 5) is 32.1. The molecule has 1 atom stereocenters. The fraction of sp³-hybridized carbons (Fsp3) is 0.387. The molecule has 1 aliphatic rings. The second-order valence-electron chi connectivity index (χ2n) is 12.0. The van der Waals surface area contributed by atoms with Crippen molar-refractivity contribution in [1.82, 2.24) is 9.55 Å². The van der Waals surface area contributed by atoms with Gasteiger partial charge in [0.25, 0.3) is 0 Å². The summed E-state index contributed by atoms with van der Waals surface area (Å²) in [7, 11) is -2.08. The van der Waals surface area contributed by atoms with Crippen molar-refractivity contribution in [1.29, 1.82) is 0 Å². The Bertz CT molecular complexity index is 1760. The van der Waals surface area contributed by atoms with E-state index < -0.39 is 42.7 Å². The van der Waals surface area contributed by atoms with Crippen LogP contribution >= 0.6 is 11.3 Å². The van der Waals surface area contributed by atoms with Crippen LogP contribution in [0.2, 0.25) is 18.1 Å². The molecule has 0 spiro atoms. The fourth-order valence-corrected chi connectivity index (χ4v) is 7.45. The Hall–Kier alpha value is -3.28. The van der Waals surface area contributed by atoms with Crippen LogP contribution in [0.4, 0.5) is 13.2 Å². The van der Waals surface area contributed by atoms with Crippen LogP contribution in [0, 0.1) is 17.5 Å². The van der Waals surface area contributed by atoms with E-state index in [4.69, 9.17) is 9.16 Å². The molecule has 3 heterocycles. The highest BCUT2D eigenvalue weighted by Crippen LogP contribution is 2.46. The van der Waals surface area contributed by atoms with E-state index >= 15 is 4.39 Å². The molecule has 0 saturated carbocycles. The lowest BCUT2D eigenvalue weighted by atomic mass is 9.96. The van der Waals surface area contributed by atoms with Crippen LogP contribution in [0.3, 0.4) is 0 Å². The Morgan fingerprint density at radius 2 is 1.88 bits per heavy atom. The SMILES string of the molecule is CCOC(=O)c1cn(-c2ccc(F)cc2F)c2nc(-c3cc4c(s3)CCCC4O[Si](C)(C)C(C)(C)C)c(F)cc2c1=O. The highest BCUT2D eigenvalue weighted by Gasteiger charge is 2.40. The molecule has 0 fully saturated rings. The van der Waals surface area contributed by atoms with Crippen LogP contribution in [0.5, 0.6) is 0 Å². The minimum absolute atomic E-state index is 0.00402. The standard InChI is InChI=1S/C31H33F3N2O4SSi/c1-7-39-30(38)20-16-36(23-12-11-17(32)13-21(23)33)29-19(28(20)37)14-22(34)27(35-29)26-15-18-24(9-8-10-25(18)41-26)40-42(5,6)31(2,3)4/h11-16,24H,7-10H2,1-6H3. The van der Waals surface area contributed by atoms with Crippen LogP contribution in [0.25, 0.3) is 27.3 Å². The number of nitrogens with zero attached hydrogens (tertiary/aromatic N) is 2. The van der Waals surface area contributed by atoms with Crippen LogP contribution in [-0.4, -0.2) is 30.4 Å². The van der Waals surface area contributed by atoms with Crippen molar-refractivity contribution in [2.75, 3.05) is 6.61 Å². The summed E-state index contributed by atoms with van der Waals surface area (Å²) in [5.74, 6) is -3.44. The fourth-order valence-electron chi connectivity index (χ4n) is 4.90. The number of aryl methyl sites for hydroxylation is 1. The average Bonchev–Trinajstić information content (AvgIpc) is 3.34. The van der Waals surface area contributed by atoms with Crippen molar-refractivity contribution in [3.63, 3.8) is 0 Å². The number of halogens is 3. The Balaban J connectivity index is 1.69. The highest BCUT2D eigenvalue weighted by molar-refractivity contribution is 7.15. The molecule has 0 amide bonds. The van der Waals surface area contributed by atoms with Gasteiger partial charge in [0.15, 0.2) is 14.1 Å². The van der Waals surface area contributed by atoms with Gasteiger partial charge in [-0.15, -0.1) is 11.3 Å². The van der Waals surface area contributed by atoms with Crippen molar-refractivity contribution in [2.45, 2.75) is 71.2 Å². The zero-order valence-electron chi connectivity index (χ0n) is 24.4. The first-order valence-corrected chi connectivity index (χ1v) is 17.6. The van der Waals surface area contributed by atoms with Crippen LogP contribution in [-0.2, 0) is 15.6 Å². The summed E-state index contributed by atoms with van der Waals surface area (Å²) >= 11 is 1.42. The van der Waals surface area contributed by atoms with E-state index in [1.54, 1.807) is 6.92 Å². The van der Waals surface area contributed by atoms with Gasteiger partial charge in [-0.1, -0.05) is 20.8 Å². The molecule has 6 nitrogen and oxygen atoms in total. The first kappa shape index (κ1) is 30.2. The molecule has 1 aromatic carbocycles. The number of rotatable bonds is 6. The predicted octanol–water partition coefficient (Wildman–Crippen LogP) is 8.11. The molecule has 0 radical (unpaired) electrons. The molecule has 222 valence electrons. The number of thiophene rings is 1. The van der Waals surface area contributed by atoms with Crippen LogP contribution in [0.15, 0.2) is 41.3 Å². The monoisotopic (exact) mass is 614 g/mol. The van der Waals surface area contributed by atoms with E-state index in [0.29, 0.717) is 10.9 Å². The first-order valence-electron chi connectivity index (χ1n) is 13.9. The molecule has 0 saturated heterocycles. The summed E-state index contributed by atoms with van der Waals surface area (Å²) < 4.78 is 57.4. The third kappa shape index (κ3) is 5.45.